The molecule has 0 spiro atoms. The first kappa shape index (κ1) is 11.1. The van der Waals surface area contributed by atoms with E-state index >= 15 is 0 Å². The first-order valence-corrected chi connectivity index (χ1v) is 4.03. The molecule has 0 N–H and O–H groups in total. The SMILES string of the molecule is CSC1C[N-]N(C)C1.[Rb+]. The molecular weight excluding hydrogens is 206 g/mol. The minimum Gasteiger partial charge on any atom is -0.594 e. The third-order valence-electron chi connectivity index (χ3n) is 1.33. The summed E-state index contributed by atoms with van der Waals surface area (Å²) >= 11 is 1.90. The molecule has 0 aromatic carbocycles. The Morgan fingerprint density at radius 3 is 2.56 bits per heavy atom. The third kappa shape index (κ3) is 3.84. The van der Waals surface area contributed by atoms with Gasteiger partial charge in [0.25, 0.3) is 0 Å². The topological polar surface area (TPSA) is 17.3 Å². The molecule has 0 aliphatic carbocycles. The fourth-order valence-electron chi connectivity index (χ4n) is 0.790. The molecule has 1 fully saturated rings. The summed E-state index contributed by atoms with van der Waals surface area (Å²) in [4.78, 5) is 0. The molecule has 1 rings (SSSR count). The fraction of sp³-hybridized carbons (Fsp3) is 1.00. The second-order valence-electron chi connectivity index (χ2n) is 2.02. The molecule has 48 valence electrons. The van der Waals surface area contributed by atoms with Gasteiger partial charge in [-0.2, -0.15) is 11.8 Å². The van der Waals surface area contributed by atoms with Gasteiger partial charge in [-0.3, -0.25) is 0 Å². The van der Waals surface area contributed by atoms with Crippen LogP contribution in [0.3, 0.4) is 0 Å². The molecule has 1 unspecified atom stereocenters. The maximum Gasteiger partial charge on any atom is 1.00 e. The van der Waals surface area contributed by atoms with Crippen LogP contribution in [0.25, 0.3) is 5.43 Å². The zero-order valence-corrected chi connectivity index (χ0v) is 12.0. The maximum atomic E-state index is 4.20. The predicted octanol–water partition coefficient (Wildman–Crippen LogP) is -2.04. The minimum absolute atomic E-state index is 0. The quantitative estimate of drug-likeness (QED) is 0.503. The first-order chi connectivity index (χ1) is 3.83. The van der Waals surface area contributed by atoms with Crippen molar-refractivity contribution >= 4 is 11.8 Å². The van der Waals surface area contributed by atoms with Crippen LogP contribution in [0.5, 0.6) is 0 Å². The Labute approximate surface area is 110 Å². The summed E-state index contributed by atoms with van der Waals surface area (Å²) in [5.41, 5.74) is 4.20. The summed E-state index contributed by atoms with van der Waals surface area (Å²) in [7, 11) is 2.02. The molecule has 0 radical (unpaired) electrons. The van der Waals surface area contributed by atoms with Crippen molar-refractivity contribution in [2.75, 3.05) is 26.4 Å². The molecule has 9 heavy (non-hydrogen) atoms. The van der Waals surface area contributed by atoms with Crippen molar-refractivity contribution in [2.24, 2.45) is 0 Å². The fourth-order valence-corrected chi connectivity index (χ4v) is 1.37. The van der Waals surface area contributed by atoms with Gasteiger partial charge in [-0.15, -0.1) is 6.54 Å². The van der Waals surface area contributed by atoms with Gasteiger partial charge in [0.15, 0.2) is 0 Å². The standard InChI is InChI=1S/C5H11N2S.Rb/c1-7-4-5(8-2)3-6-7;/h5H,3-4H2,1-2H3;/q-1;+1. The molecule has 4 heteroatoms. The van der Waals surface area contributed by atoms with Crippen LogP contribution in [-0.4, -0.2) is 36.7 Å². The normalized spacial score (nSPS) is 28.0. The zero-order chi connectivity index (χ0) is 5.98. The van der Waals surface area contributed by atoms with Crippen LogP contribution in [0.15, 0.2) is 0 Å². The van der Waals surface area contributed by atoms with E-state index in [0.29, 0.717) is 0 Å². The Hall–Kier alpha value is 2.08. The van der Waals surface area contributed by atoms with E-state index in [1.807, 2.05) is 23.8 Å². The summed E-state index contributed by atoms with van der Waals surface area (Å²) in [6.45, 7) is 2.14. The van der Waals surface area contributed by atoms with Gasteiger partial charge < -0.3 is 10.4 Å². The van der Waals surface area contributed by atoms with Crippen molar-refractivity contribution < 1.29 is 58.2 Å². The molecule has 0 aromatic rings. The molecule has 1 atom stereocenters. The van der Waals surface area contributed by atoms with Crippen LogP contribution < -0.4 is 58.2 Å². The Morgan fingerprint density at radius 2 is 2.33 bits per heavy atom. The summed E-state index contributed by atoms with van der Waals surface area (Å²) in [5, 5.41) is 2.77. The molecule has 2 nitrogen and oxygen atoms in total. The molecule has 1 heterocycles. The van der Waals surface area contributed by atoms with Crippen LogP contribution >= 0.6 is 11.8 Å². The summed E-state index contributed by atoms with van der Waals surface area (Å²) in [5.74, 6) is 0. The zero-order valence-electron chi connectivity index (χ0n) is 6.29. The molecule has 0 amide bonds. The van der Waals surface area contributed by atoms with E-state index in [0.717, 1.165) is 18.3 Å². The van der Waals surface area contributed by atoms with Crippen molar-refractivity contribution in [2.45, 2.75) is 5.25 Å². The van der Waals surface area contributed by atoms with Gasteiger partial charge in [-0.1, -0.05) is 0 Å². The van der Waals surface area contributed by atoms with Crippen LogP contribution in [0.1, 0.15) is 0 Å². The monoisotopic (exact) mass is 216 g/mol. The first-order valence-electron chi connectivity index (χ1n) is 2.74. The molecule has 1 saturated heterocycles. The average molecular weight is 217 g/mol. The third-order valence-corrected chi connectivity index (χ3v) is 2.29. The van der Waals surface area contributed by atoms with Crippen LogP contribution in [0, 0.1) is 0 Å². The van der Waals surface area contributed by atoms with Crippen molar-refractivity contribution in [3.05, 3.63) is 5.43 Å². The van der Waals surface area contributed by atoms with Gasteiger partial charge in [0.2, 0.25) is 0 Å². The van der Waals surface area contributed by atoms with Crippen LogP contribution in [-0.2, 0) is 0 Å². The average Bonchev–Trinajstić information content (AvgIpc) is 2.14. The van der Waals surface area contributed by atoms with Crippen molar-refractivity contribution in [1.82, 2.24) is 5.01 Å². The van der Waals surface area contributed by atoms with Gasteiger partial charge in [-0.05, 0) is 25.1 Å². The van der Waals surface area contributed by atoms with E-state index in [2.05, 4.69) is 11.7 Å². The summed E-state index contributed by atoms with van der Waals surface area (Å²) in [6, 6.07) is 0. The van der Waals surface area contributed by atoms with E-state index in [4.69, 9.17) is 0 Å². The van der Waals surface area contributed by atoms with E-state index in [1.54, 1.807) is 0 Å². The number of hydrogen-bond donors (Lipinski definition) is 0. The molecule has 1 aliphatic heterocycles. The second-order valence-corrected chi connectivity index (χ2v) is 3.16. The number of rotatable bonds is 1. The number of nitrogens with zero attached hydrogens (tertiary/aromatic N) is 2. The van der Waals surface area contributed by atoms with Crippen molar-refractivity contribution in [1.29, 1.82) is 0 Å². The van der Waals surface area contributed by atoms with E-state index in [9.17, 15) is 0 Å². The van der Waals surface area contributed by atoms with Crippen LogP contribution in [0.4, 0.5) is 0 Å². The number of thioether (sulfide) groups is 1. The van der Waals surface area contributed by atoms with Gasteiger partial charge >= 0.3 is 58.2 Å². The molecular formula is C5H11N2RbS. The number of hydrogen-bond acceptors (Lipinski definition) is 2. The largest absolute Gasteiger partial charge is 1.00 e. The predicted molar refractivity (Wildman–Crippen MR) is 38.2 cm³/mol. The van der Waals surface area contributed by atoms with E-state index in [-0.39, 0.29) is 58.2 Å². The van der Waals surface area contributed by atoms with Gasteiger partial charge in [0.1, 0.15) is 0 Å². The van der Waals surface area contributed by atoms with Crippen molar-refractivity contribution in [3.8, 4) is 0 Å². The van der Waals surface area contributed by atoms with Gasteiger partial charge in [0, 0.05) is 0 Å². The Morgan fingerprint density at radius 1 is 1.67 bits per heavy atom. The second kappa shape index (κ2) is 5.69. The Bertz CT molecular complexity index is 81.4. The molecule has 0 aromatic heterocycles. The molecule has 1 aliphatic rings. The molecule has 0 saturated carbocycles. The Kier molecular flexibility index (Phi) is 7.00. The van der Waals surface area contributed by atoms with E-state index < -0.39 is 0 Å². The summed E-state index contributed by atoms with van der Waals surface area (Å²) in [6.07, 6.45) is 2.14. The van der Waals surface area contributed by atoms with Gasteiger partial charge in [0.05, 0.1) is 0 Å². The summed E-state index contributed by atoms with van der Waals surface area (Å²) < 4.78 is 0. The van der Waals surface area contributed by atoms with E-state index in [1.165, 1.54) is 0 Å². The minimum atomic E-state index is 0. The smallest absolute Gasteiger partial charge is 0.594 e. The Balaban J connectivity index is 0.000000640. The maximum absolute atomic E-state index is 4.20. The van der Waals surface area contributed by atoms with Crippen molar-refractivity contribution in [3.63, 3.8) is 0 Å². The van der Waals surface area contributed by atoms with Crippen LogP contribution in [0.2, 0.25) is 0 Å². The molecule has 0 bridgehead atoms. The van der Waals surface area contributed by atoms with Gasteiger partial charge in [-0.25, -0.2) is 0 Å².